The average Bonchev–Trinajstić information content (AvgIpc) is 2.94. The van der Waals surface area contributed by atoms with Crippen molar-refractivity contribution in [3.05, 3.63) is 64.8 Å². The molecular formula is C26H31N8O3P. The van der Waals surface area contributed by atoms with Crippen LogP contribution in [0.3, 0.4) is 0 Å². The fraction of sp³-hybridized carbons (Fsp3) is 0.385. The number of nitro groups is 1. The Morgan fingerprint density at radius 2 is 1.76 bits per heavy atom. The molecule has 11 nitrogen and oxygen atoms in total. The van der Waals surface area contributed by atoms with Crippen molar-refractivity contribution in [2.75, 3.05) is 61.8 Å². The largest absolute Gasteiger partial charge is 0.366 e. The maximum Gasteiger partial charge on any atom is 0.294 e. The van der Waals surface area contributed by atoms with Gasteiger partial charge in [0, 0.05) is 63.3 Å². The van der Waals surface area contributed by atoms with Crippen molar-refractivity contribution in [3.63, 3.8) is 0 Å². The third kappa shape index (κ3) is 6.07. The molecule has 0 saturated carbocycles. The Kier molecular flexibility index (Phi) is 8.07. The number of nitrogens with zero attached hydrogens (tertiary/aromatic N) is 6. The topological polar surface area (TPSA) is 120 Å². The van der Waals surface area contributed by atoms with Crippen LogP contribution >= 0.6 is 8.46 Å². The summed E-state index contributed by atoms with van der Waals surface area (Å²) in [6.45, 7) is 5.96. The van der Waals surface area contributed by atoms with E-state index in [4.69, 9.17) is 0 Å². The van der Waals surface area contributed by atoms with Gasteiger partial charge in [-0.15, -0.1) is 0 Å². The minimum Gasteiger partial charge on any atom is -0.366 e. The average molecular weight is 535 g/mol. The van der Waals surface area contributed by atoms with E-state index in [1.807, 2.05) is 30.3 Å². The number of nitrogens with one attached hydrogen (secondary N) is 2. The number of nitro benzene ring substituents is 1. The molecule has 2 aliphatic rings. The van der Waals surface area contributed by atoms with E-state index in [-0.39, 0.29) is 19.1 Å². The van der Waals surface area contributed by atoms with Gasteiger partial charge < -0.3 is 20.4 Å². The van der Waals surface area contributed by atoms with Gasteiger partial charge in [-0.05, 0) is 50.2 Å². The molecule has 0 spiro atoms. The maximum atomic E-state index is 12.0. The molecule has 0 radical (unpaired) electrons. The number of anilines is 5. The van der Waals surface area contributed by atoms with Crippen molar-refractivity contribution in [3.8, 4) is 0 Å². The summed E-state index contributed by atoms with van der Waals surface area (Å²) in [5.74, 6) is 0.801. The number of hydrogen-bond acceptors (Lipinski definition) is 10. The lowest BCUT2D eigenvalue weighted by Gasteiger charge is -2.42. The van der Waals surface area contributed by atoms with Crippen LogP contribution in [-0.4, -0.2) is 77.0 Å². The van der Waals surface area contributed by atoms with E-state index in [0.717, 1.165) is 52.1 Å². The van der Waals surface area contributed by atoms with E-state index in [2.05, 4.69) is 42.3 Å². The Labute approximate surface area is 223 Å². The molecule has 198 valence electrons. The first kappa shape index (κ1) is 26.0. The molecule has 5 rings (SSSR count). The summed E-state index contributed by atoms with van der Waals surface area (Å²) in [6, 6.07) is 14.6. The second-order valence-electron chi connectivity index (χ2n) is 9.64. The predicted octanol–water partition coefficient (Wildman–Crippen LogP) is 4.01. The monoisotopic (exact) mass is 534 g/mol. The molecule has 0 aliphatic carbocycles. The van der Waals surface area contributed by atoms with Crippen LogP contribution in [0.5, 0.6) is 0 Å². The summed E-state index contributed by atoms with van der Waals surface area (Å²) in [7, 11) is 2.06. The molecule has 0 bridgehead atoms. The number of aromatic nitrogens is 2. The standard InChI is InChI=1S/C26H31N8O3P/c1-31-14-16-32(17-15-31)20-9-12-33(13-10-20)22-7-6-19(18-23(22)34(35)36)28-26-27-11-8-25(30-26)29-21-4-2-3-5-24(21)38-37/h2-8,11,18,20H,9-10,12-17H2,1H3,(H2,27,28,29,30). The molecule has 2 saturated heterocycles. The van der Waals surface area contributed by atoms with E-state index in [1.54, 1.807) is 18.3 Å². The van der Waals surface area contributed by atoms with E-state index in [9.17, 15) is 14.7 Å². The van der Waals surface area contributed by atoms with E-state index in [0.29, 0.717) is 40.2 Å². The Bertz CT molecular complexity index is 1290. The van der Waals surface area contributed by atoms with Gasteiger partial charge in [0.2, 0.25) is 5.95 Å². The first-order chi connectivity index (χ1) is 18.5. The summed E-state index contributed by atoms with van der Waals surface area (Å²) in [4.78, 5) is 27.4. The Balaban J connectivity index is 1.26. The molecule has 2 aromatic carbocycles. The highest BCUT2D eigenvalue weighted by Crippen LogP contribution is 2.34. The summed E-state index contributed by atoms with van der Waals surface area (Å²) < 4.78 is 11.4. The van der Waals surface area contributed by atoms with Crippen molar-refractivity contribution >= 4 is 48.3 Å². The van der Waals surface area contributed by atoms with E-state index in [1.165, 1.54) is 6.07 Å². The van der Waals surface area contributed by atoms with Crippen molar-refractivity contribution in [1.29, 1.82) is 0 Å². The Hall–Kier alpha value is -3.66. The van der Waals surface area contributed by atoms with Gasteiger partial charge in [0.05, 0.1) is 15.9 Å². The van der Waals surface area contributed by atoms with Crippen LogP contribution in [0.1, 0.15) is 12.8 Å². The number of hydrogen-bond donors (Lipinski definition) is 2. The fourth-order valence-electron chi connectivity index (χ4n) is 5.09. The molecule has 0 amide bonds. The van der Waals surface area contributed by atoms with Gasteiger partial charge in [0.1, 0.15) is 11.5 Å². The van der Waals surface area contributed by atoms with Crippen LogP contribution in [0.25, 0.3) is 0 Å². The van der Waals surface area contributed by atoms with Gasteiger partial charge >= 0.3 is 0 Å². The van der Waals surface area contributed by atoms with Crippen molar-refractivity contribution in [1.82, 2.24) is 19.8 Å². The first-order valence-corrected chi connectivity index (χ1v) is 13.6. The number of para-hydroxylation sites is 1. The van der Waals surface area contributed by atoms with Crippen molar-refractivity contribution in [2.24, 2.45) is 0 Å². The third-order valence-electron chi connectivity index (χ3n) is 7.21. The van der Waals surface area contributed by atoms with Crippen LogP contribution in [0, 0.1) is 10.1 Å². The Morgan fingerprint density at radius 1 is 1.00 bits per heavy atom. The summed E-state index contributed by atoms with van der Waals surface area (Å²) in [6.07, 6.45) is 3.59. The maximum absolute atomic E-state index is 12.0. The number of rotatable bonds is 8. The molecule has 12 heteroatoms. The lowest BCUT2D eigenvalue weighted by atomic mass is 10.0. The van der Waals surface area contributed by atoms with E-state index < -0.39 is 0 Å². The zero-order valence-electron chi connectivity index (χ0n) is 21.3. The van der Waals surface area contributed by atoms with Gasteiger partial charge in [-0.1, -0.05) is 12.1 Å². The van der Waals surface area contributed by atoms with Gasteiger partial charge in [-0.3, -0.25) is 19.6 Å². The Morgan fingerprint density at radius 3 is 2.50 bits per heavy atom. The zero-order chi connectivity index (χ0) is 26.5. The highest BCUT2D eigenvalue weighted by Gasteiger charge is 2.29. The van der Waals surface area contributed by atoms with Gasteiger partial charge in [0.25, 0.3) is 5.69 Å². The van der Waals surface area contributed by atoms with Crippen LogP contribution in [-0.2, 0) is 4.57 Å². The summed E-state index contributed by atoms with van der Waals surface area (Å²) in [5, 5.41) is 18.8. The zero-order valence-corrected chi connectivity index (χ0v) is 22.2. The first-order valence-electron chi connectivity index (χ1n) is 12.8. The van der Waals surface area contributed by atoms with Crippen LogP contribution < -0.4 is 20.8 Å². The smallest absolute Gasteiger partial charge is 0.294 e. The van der Waals surface area contributed by atoms with Crippen LogP contribution in [0.15, 0.2) is 54.7 Å². The molecule has 0 atom stereocenters. The second kappa shape index (κ2) is 11.8. The van der Waals surface area contributed by atoms with Gasteiger partial charge in [0.15, 0.2) is 8.46 Å². The summed E-state index contributed by atoms with van der Waals surface area (Å²) >= 11 is 0. The SMILES string of the molecule is CN1CCN(C2CCN(c3ccc(Nc4nccc(Nc5ccccc5P=O)n4)cc3[N+](=O)[O-])CC2)CC1. The highest BCUT2D eigenvalue weighted by molar-refractivity contribution is 7.34. The molecule has 38 heavy (non-hydrogen) atoms. The lowest BCUT2D eigenvalue weighted by Crippen LogP contribution is -2.52. The lowest BCUT2D eigenvalue weighted by molar-refractivity contribution is -0.384. The van der Waals surface area contributed by atoms with Gasteiger partial charge in [-0.2, -0.15) is 4.98 Å². The molecule has 3 aromatic rings. The molecule has 2 N–H and O–H groups in total. The number of likely N-dealkylation sites (N-methyl/N-ethyl adjacent to an activating group) is 1. The van der Waals surface area contributed by atoms with Crippen LogP contribution in [0.2, 0.25) is 0 Å². The number of piperidine rings is 1. The highest BCUT2D eigenvalue weighted by atomic mass is 31.1. The number of piperazine rings is 1. The molecule has 1 aromatic heterocycles. The quantitative estimate of drug-likeness (QED) is 0.249. The molecule has 2 fully saturated rings. The number of benzene rings is 2. The van der Waals surface area contributed by atoms with Gasteiger partial charge in [-0.25, -0.2) is 4.98 Å². The molecule has 2 aliphatic heterocycles. The molecule has 0 unspecified atom stereocenters. The minimum atomic E-state index is -0.328. The fourth-order valence-corrected chi connectivity index (χ4v) is 5.46. The van der Waals surface area contributed by atoms with Crippen molar-refractivity contribution < 1.29 is 9.49 Å². The molecular weight excluding hydrogens is 503 g/mol. The van der Waals surface area contributed by atoms with E-state index >= 15 is 0 Å². The normalized spacial score (nSPS) is 17.4. The second-order valence-corrected chi connectivity index (χ2v) is 10.3. The van der Waals surface area contributed by atoms with Crippen LogP contribution in [0.4, 0.5) is 34.5 Å². The predicted molar refractivity (Wildman–Crippen MR) is 150 cm³/mol. The van der Waals surface area contributed by atoms with Crippen molar-refractivity contribution in [2.45, 2.75) is 18.9 Å². The summed E-state index contributed by atoms with van der Waals surface area (Å²) in [5.41, 5.74) is 1.90. The minimum absolute atomic E-state index is 0.0608. The molecule has 3 heterocycles. The third-order valence-corrected chi connectivity index (χ3v) is 7.80.